The number of nitrogens with zero attached hydrogens (tertiary/aromatic N) is 4. The van der Waals surface area contributed by atoms with Crippen LogP contribution >= 0.6 is 0 Å². The highest BCUT2D eigenvalue weighted by molar-refractivity contribution is 6.44. The number of aliphatic imine (C=N–C) groups is 2. The first kappa shape index (κ1) is 21.8. The molecule has 0 bridgehead atoms. The molecule has 4 unspecified atom stereocenters. The van der Waals surface area contributed by atoms with Crippen molar-refractivity contribution in [3.8, 4) is 0 Å². The molecule has 0 aliphatic carbocycles. The molecule has 9 heteroatoms. The molecule has 4 atom stereocenters. The van der Waals surface area contributed by atoms with Crippen LogP contribution in [0.1, 0.15) is 19.8 Å². The van der Waals surface area contributed by atoms with Gasteiger partial charge in [0, 0.05) is 51.9 Å². The first-order chi connectivity index (χ1) is 15.0. The second-order valence-electron chi connectivity index (χ2n) is 8.62. The van der Waals surface area contributed by atoms with Crippen LogP contribution in [0.2, 0.25) is 0 Å². The quantitative estimate of drug-likeness (QED) is 0.658. The van der Waals surface area contributed by atoms with Crippen molar-refractivity contribution in [3.63, 3.8) is 0 Å². The molecule has 4 heterocycles. The third kappa shape index (κ3) is 4.77. The molecule has 2 fully saturated rings. The number of piperazine rings is 1. The lowest BCUT2D eigenvalue weighted by molar-refractivity contribution is -0.127. The Bertz CT molecular complexity index is 843. The van der Waals surface area contributed by atoms with E-state index in [1.807, 2.05) is 13.1 Å². The van der Waals surface area contributed by atoms with Crippen molar-refractivity contribution in [1.82, 2.24) is 20.4 Å². The van der Waals surface area contributed by atoms with Gasteiger partial charge in [-0.2, -0.15) is 0 Å². The third-order valence-corrected chi connectivity index (χ3v) is 6.66. The lowest BCUT2D eigenvalue weighted by atomic mass is 9.86. The summed E-state index contributed by atoms with van der Waals surface area (Å²) in [4.78, 5) is 37.3. The van der Waals surface area contributed by atoms with Gasteiger partial charge in [0.1, 0.15) is 0 Å². The summed E-state index contributed by atoms with van der Waals surface area (Å²) in [6.45, 7) is 6.58. The van der Waals surface area contributed by atoms with E-state index < -0.39 is 11.7 Å². The Kier molecular flexibility index (Phi) is 6.62. The first-order valence-corrected chi connectivity index (χ1v) is 11.1. The van der Waals surface area contributed by atoms with E-state index in [9.17, 15) is 14.0 Å². The number of piperidine rings is 1. The van der Waals surface area contributed by atoms with Crippen molar-refractivity contribution >= 4 is 23.7 Å². The molecular formula is C22H31FN6O2. The van der Waals surface area contributed by atoms with Gasteiger partial charge in [-0.25, -0.2) is 4.39 Å². The van der Waals surface area contributed by atoms with E-state index in [1.165, 1.54) is 13.1 Å². The topological polar surface area (TPSA) is 89.4 Å². The van der Waals surface area contributed by atoms with E-state index in [1.54, 1.807) is 0 Å². The van der Waals surface area contributed by atoms with Gasteiger partial charge < -0.3 is 10.6 Å². The van der Waals surface area contributed by atoms with Gasteiger partial charge >= 0.3 is 0 Å². The zero-order valence-corrected chi connectivity index (χ0v) is 18.2. The molecule has 0 aromatic carbocycles. The van der Waals surface area contributed by atoms with Crippen LogP contribution in [-0.2, 0) is 9.59 Å². The average molecular weight is 431 g/mol. The van der Waals surface area contributed by atoms with Crippen LogP contribution < -0.4 is 10.6 Å². The Hall–Kier alpha value is -2.39. The van der Waals surface area contributed by atoms with E-state index in [2.05, 4.69) is 31.5 Å². The predicted octanol–water partition coefficient (Wildman–Crippen LogP) is 0.321. The Balaban J connectivity index is 1.28. The fourth-order valence-corrected chi connectivity index (χ4v) is 4.73. The summed E-state index contributed by atoms with van der Waals surface area (Å²) in [6.07, 6.45) is 7.30. The molecule has 0 saturated carbocycles. The molecule has 4 aliphatic heterocycles. The molecule has 4 aliphatic rings. The van der Waals surface area contributed by atoms with Crippen molar-refractivity contribution in [2.24, 2.45) is 15.9 Å². The van der Waals surface area contributed by atoms with Crippen molar-refractivity contribution in [2.45, 2.75) is 37.9 Å². The van der Waals surface area contributed by atoms with Gasteiger partial charge in [0.2, 0.25) is 5.91 Å². The number of amides is 2. The predicted molar refractivity (Wildman–Crippen MR) is 118 cm³/mol. The molecular weight excluding hydrogens is 399 g/mol. The number of dihydropyridines is 2. The Morgan fingerprint density at radius 3 is 2.74 bits per heavy atom. The van der Waals surface area contributed by atoms with Gasteiger partial charge in [-0.05, 0) is 24.5 Å². The highest BCUT2D eigenvalue weighted by atomic mass is 19.1. The van der Waals surface area contributed by atoms with Crippen LogP contribution in [-0.4, -0.2) is 98.0 Å². The molecule has 2 amide bonds. The lowest BCUT2D eigenvalue weighted by Crippen LogP contribution is -2.53. The van der Waals surface area contributed by atoms with Crippen LogP contribution in [0.25, 0.3) is 0 Å². The number of carbonyl (C=O) groups excluding carboxylic acids is 2. The molecule has 168 valence electrons. The fraction of sp³-hybridized carbons (Fsp3) is 0.636. The summed E-state index contributed by atoms with van der Waals surface area (Å²) in [7, 11) is 1.47. The summed E-state index contributed by atoms with van der Waals surface area (Å²) in [6, 6.07) is 0.0338. The van der Waals surface area contributed by atoms with Gasteiger partial charge in [-0.3, -0.25) is 29.4 Å². The van der Waals surface area contributed by atoms with E-state index in [0.29, 0.717) is 6.54 Å². The van der Waals surface area contributed by atoms with Gasteiger partial charge in [0.25, 0.3) is 5.91 Å². The Labute approximate surface area is 182 Å². The van der Waals surface area contributed by atoms with Crippen LogP contribution in [0.5, 0.6) is 0 Å². The van der Waals surface area contributed by atoms with Crippen LogP contribution in [0, 0.1) is 5.92 Å². The number of nitrogens with one attached hydrogen (secondary N) is 2. The number of carbonyl (C=O) groups is 2. The second-order valence-corrected chi connectivity index (χ2v) is 8.62. The van der Waals surface area contributed by atoms with Crippen LogP contribution in [0.15, 0.2) is 33.5 Å². The highest BCUT2D eigenvalue weighted by Gasteiger charge is 2.35. The summed E-state index contributed by atoms with van der Waals surface area (Å²) in [5.74, 6) is -0.825. The van der Waals surface area contributed by atoms with Crippen molar-refractivity contribution in [3.05, 3.63) is 23.6 Å². The van der Waals surface area contributed by atoms with E-state index in [-0.39, 0.29) is 35.7 Å². The molecule has 0 aromatic rings. The minimum Gasteiger partial charge on any atom is -0.354 e. The summed E-state index contributed by atoms with van der Waals surface area (Å²) in [5, 5.41) is 5.54. The SMILES string of the molecule is CCC1CC2N=CC(CN3CCN(C4C=C(F)C(C(=O)NC)=NC4)CC3)=CC2NC1=O. The lowest BCUT2D eigenvalue weighted by Gasteiger charge is -2.39. The molecule has 2 N–H and O–H groups in total. The van der Waals surface area contributed by atoms with Gasteiger partial charge in [-0.1, -0.05) is 13.0 Å². The molecule has 8 nitrogen and oxygen atoms in total. The van der Waals surface area contributed by atoms with E-state index in [0.717, 1.165) is 51.1 Å². The molecule has 0 spiro atoms. The monoisotopic (exact) mass is 430 g/mol. The number of hydrogen-bond donors (Lipinski definition) is 2. The molecule has 4 rings (SSSR count). The fourth-order valence-electron chi connectivity index (χ4n) is 4.73. The smallest absolute Gasteiger partial charge is 0.272 e. The van der Waals surface area contributed by atoms with Crippen LogP contribution in [0.4, 0.5) is 4.39 Å². The zero-order valence-electron chi connectivity index (χ0n) is 18.2. The maximum absolute atomic E-state index is 14.3. The normalized spacial score (nSPS) is 31.8. The van der Waals surface area contributed by atoms with Crippen molar-refractivity contribution < 1.29 is 14.0 Å². The highest BCUT2D eigenvalue weighted by Crippen LogP contribution is 2.25. The number of hydrogen-bond acceptors (Lipinski definition) is 6. The number of rotatable bonds is 5. The molecule has 0 radical (unpaired) electrons. The Morgan fingerprint density at radius 1 is 1.29 bits per heavy atom. The Morgan fingerprint density at radius 2 is 2.06 bits per heavy atom. The average Bonchev–Trinajstić information content (AvgIpc) is 2.78. The maximum Gasteiger partial charge on any atom is 0.272 e. The molecule has 31 heavy (non-hydrogen) atoms. The molecule has 0 aromatic heterocycles. The van der Waals surface area contributed by atoms with Crippen LogP contribution in [0.3, 0.4) is 0 Å². The van der Waals surface area contributed by atoms with Crippen molar-refractivity contribution in [2.75, 3.05) is 46.3 Å². The second kappa shape index (κ2) is 9.40. The largest absolute Gasteiger partial charge is 0.354 e. The minimum absolute atomic E-state index is 0.000631. The summed E-state index contributed by atoms with van der Waals surface area (Å²) >= 11 is 0. The maximum atomic E-state index is 14.3. The standard InChI is InChI=1S/C22H31FN6O2/c1-3-15-9-18-19(27-21(15)30)8-14(11-25-18)13-28-4-6-29(7-5-28)16-10-17(23)20(26-12-16)22(31)24-2/h8,10-11,15-16,18-19H,3-7,9,12-13H2,1-2H3,(H,24,31)(H,27,30). The summed E-state index contributed by atoms with van der Waals surface area (Å²) < 4.78 is 14.3. The minimum atomic E-state index is -0.545. The van der Waals surface area contributed by atoms with E-state index in [4.69, 9.17) is 4.99 Å². The first-order valence-electron chi connectivity index (χ1n) is 11.1. The zero-order chi connectivity index (χ0) is 22.0. The summed E-state index contributed by atoms with van der Waals surface area (Å²) in [5.41, 5.74) is 1.02. The van der Waals surface area contributed by atoms with Gasteiger partial charge in [0.15, 0.2) is 11.5 Å². The number of halogens is 1. The third-order valence-electron chi connectivity index (χ3n) is 6.66. The van der Waals surface area contributed by atoms with Gasteiger partial charge in [-0.15, -0.1) is 0 Å². The van der Waals surface area contributed by atoms with Gasteiger partial charge in [0.05, 0.1) is 24.7 Å². The van der Waals surface area contributed by atoms with E-state index >= 15 is 0 Å². The molecule has 2 saturated heterocycles. The number of fused-ring (bicyclic) bond motifs is 1. The van der Waals surface area contributed by atoms with Crippen molar-refractivity contribution in [1.29, 1.82) is 0 Å².